The Balaban J connectivity index is 2.19. The lowest BCUT2D eigenvalue weighted by Crippen LogP contribution is -2.13. The molecule has 2 aromatic rings. The molecular formula is C19H14ClIN2O2. The molecule has 6 heteroatoms. The Kier molecular flexibility index (Phi) is 7.04. The number of nitriles is 1. The molecule has 0 aliphatic rings. The highest BCUT2D eigenvalue weighted by Crippen LogP contribution is 2.23. The highest BCUT2D eigenvalue weighted by Gasteiger charge is 2.10. The minimum atomic E-state index is -0.494. The molecule has 25 heavy (non-hydrogen) atoms. The minimum Gasteiger partial charge on any atom is -0.488 e. The van der Waals surface area contributed by atoms with Crippen molar-refractivity contribution < 1.29 is 9.53 Å². The van der Waals surface area contributed by atoms with Crippen LogP contribution in [0.15, 0.2) is 60.7 Å². The van der Waals surface area contributed by atoms with Gasteiger partial charge in [0.15, 0.2) is 0 Å². The lowest BCUT2D eigenvalue weighted by Gasteiger charge is -2.07. The predicted molar refractivity (Wildman–Crippen MR) is 109 cm³/mol. The predicted octanol–water partition coefficient (Wildman–Crippen LogP) is 5.06. The largest absolute Gasteiger partial charge is 0.488 e. The molecule has 2 aromatic carbocycles. The molecule has 0 unspecified atom stereocenters. The Morgan fingerprint density at radius 1 is 1.36 bits per heavy atom. The van der Waals surface area contributed by atoms with Gasteiger partial charge in [-0.3, -0.25) is 4.79 Å². The van der Waals surface area contributed by atoms with Crippen molar-refractivity contribution >= 4 is 51.9 Å². The molecule has 0 radical (unpaired) electrons. The van der Waals surface area contributed by atoms with Gasteiger partial charge in [0.1, 0.15) is 24.0 Å². The maximum atomic E-state index is 12.3. The molecule has 0 bridgehead atoms. The number of carbonyl (C=O) groups excluding carboxylic acids is 1. The average Bonchev–Trinajstić information content (AvgIpc) is 2.58. The van der Waals surface area contributed by atoms with E-state index in [4.69, 9.17) is 16.3 Å². The first-order valence-corrected chi connectivity index (χ1v) is 8.71. The first-order valence-electron chi connectivity index (χ1n) is 7.25. The van der Waals surface area contributed by atoms with Gasteiger partial charge in [-0.2, -0.15) is 5.26 Å². The van der Waals surface area contributed by atoms with E-state index in [1.54, 1.807) is 42.5 Å². The van der Waals surface area contributed by atoms with Gasteiger partial charge in [0.2, 0.25) is 0 Å². The Morgan fingerprint density at radius 2 is 2.16 bits per heavy atom. The number of benzene rings is 2. The van der Waals surface area contributed by atoms with Crippen molar-refractivity contribution in [3.05, 3.63) is 74.8 Å². The van der Waals surface area contributed by atoms with Gasteiger partial charge in [0.25, 0.3) is 5.91 Å². The molecule has 0 heterocycles. The van der Waals surface area contributed by atoms with E-state index in [0.717, 1.165) is 14.9 Å². The fourth-order valence-electron chi connectivity index (χ4n) is 1.95. The molecule has 0 fully saturated rings. The van der Waals surface area contributed by atoms with Gasteiger partial charge in [-0.25, -0.2) is 0 Å². The second-order valence-corrected chi connectivity index (χ2v) is 6.52. The lowest BCUT2D eigenvalue weighted by molar-refractivity contribution is -0.112. The first kappa shape index (κ1) is 19.0. The van der Waals surface area contributed by atoms with Gasteiger partial charge in [-0.15, -0.1) is 0 Å². The number of amides is 1. The van der Waals surface area contributed by atoms with E-state index in [-0.39, 0.29) is 5.57 Å². The molecule has 0 saturated heterocycles. The van der Waals surface area contributed by atoms with Gasteiger partial charge in [-0.05, 0) is 64.6 Å². The summed E-state index contributed by atoms with van der Waals surface area (Å²) in [6.07, 6.45) is 3.19. The first-order chi connectivity index (χ1) is 12.0. The Bertz CT molecular complexity index is 872. The van der Waals surface area contributed by atoms with Crippen LogP contribution < -0.4 is 10.1 Å². The fourth-order valence-corrected chi connectivity index (χ4v) is 2.84. The zero-order valence-electron chi connectivity index (χ0n) is 13.1. The summed E-state index contributed by atoms with van der Waals surface area (Å²) in [6, 6.07) is 14.1. The van der Waals surface area contributed by atoms with Crippen molar-refractivity contribution in [3.63, 3.8) is 0 Å². The van der Waals surface area contributed by atoms with Crippen molar-refractivity contribution in [2.45, 2.75) is 0 Å². The number of anilines is 1. The van der Waals surface area contributed by atoms with Crippen LogP contribution in [0.5, 0.6) is 5.75 Å². The lowest BCUT2D eigenvalue weighted by atomic mass is 10.1. The fraction of sp³-hybridized carbons (Fsp3) is 0.0526. The molecule has 0 saturated carbocycles. The molecular weight excluding hydrogens is 451 g/mol. The number of nitrogens with zero attached hydrogens (tertiary/aromatic N) is 1. The standard InChI is InChI=1S/C19H14ClIN2O2/c1-2-8-25-18-7-6-13(10-17(18)21)9-14(12-22)19(24)23-16-5-3-4-15(20)11-16/h2-7,9-11H,1,8H2,(H,23,24)/b14-9+. The van der Waals surface area contributed by atoms with E-state index < -0.39 is 5.91 Å². The second-order valence-electron chi connectivity index (χ2n) is 4.92. The number of hydrogen-bond acceptors (Lipinski definition) is 3. The Labute approximate surface area is 164 Å². The maximum Gasteiger partial charge on any atom is 0.266 e. The van der Waals surface area contributed by atoms with Crippen molar-refractivity contribution in [2.24, 2.45) is 0 Å². The summed E-state index contributed by atoms with van der Waals surface area (Å²) >= 11 is 8.03. The van der Waals surface area contributed by atoms with Crippen LogP contribution in [0, 0.1) is 14.9 Å². The molecule has 0 spiro atoms. The summed E-state index contributed by atoms with van der Waals surface area (Å²) in [6.45, 7) is 4.02. The number of hydrogen-bond donors (Lipinski definition) is 1. The van der Waals surface area contributed by atoms with Crippen LogP contribution in [0.4, 0.5) is 5.69 Å². The smallest absolute Gasteiger partial charge is 0.266 e. The quantitative estimate of drug-likeness (QED) is 0.281. The van der Waals surface area contributed by atoms with Gasteiger partial charge >= 0.3 is 0 Å². The zero-order chi connectivity index (χ0) is 18.2. The molecule has 126 valence electrons. The topological polar surface area (TPSA) is 62.1 Å². The molecule has 4 nitrogen and oxygen atoms in total. The van der Waals surface area contributed by atoms with Crippen LogP contribution in [0.25, 0.3) is 6.08 Å². The highest BCUT2D eigenvalue weighted by atomic mass is 127. The molecule has 1 amide bonds. The van der Waals surface area contributed by atoms with Crippen LogP contribution in [0.2, 0.25) is 5.02 Å². The number of ether oxygens (including phenoxy) is 1. The van der Waals surface area contributed by atoms with Crippen LogP contribution in [0.3, 0.4) is 0 Å². The Hall–Kier alpha value is -2.30. The van der Waals surface area contributed by atoms with Gasteiger partial charge in [0, 0.05) is 10.7 Å². The number of halogens is 2. The third-order valence-corrected chi connectivity index (χ3v) is 4.15. The Morgan fingerprint density at radius 3 is 2.80 bits per heavy atom. The maximum absolute atomic E-state index is 12.3. The number of nitrogens with one attached hydrogen (secondary N) is 1. The molecule has 0 aliphatic carbocycles. The molecule has 1 N–H and O–H groups in total. The van der Waals surface area contributed by atoms with E-state index in [1.165, 1.54) is 6.08 Å². The van der Waals surface area contributed by atoms with Gasteiger partial charge < -0.3 is 10.1 Å². The SMILES string of the molecule is C=CCOc1ccc(/C=C(\C#N)C(=O)Nc2cccc(Cl)c2)cc1I. The molecule has 2 rings (SSSR count). The van der Waals surface area contributed by atoms with E-state index in [9.17, 15) is 10.1 Å². The van der Waals surface area contributed by atoms with Crippen molar-refractivity contribution in [1.82, 2.24) is 0 Å². The third-order valence-electron chi connectivity index (χ3n) is 3.07. The van der Waals surface area contributed by atoms with Crippen LogP contribution >= 0.6 is 34.2 Å². The summed E-state index contributed by atoms with van der Waals surface area (Å²) in [4.78, 5) is 12.3. The molecule has 0 aromatic heterocycles. The van der Waals surface area contributed by atoms with Gasteiger partial charge in [-0.1, -0.05) is 36.4 Å². The van der Waals surface area contributed by atoms with Crippen molar-refractivity contribution in [2.75, 3.05) is 11.9 Å². The monoisotopic (exact) mass is 464 g/mol. The van der Waals surface area contributed by atoms with E-state index >= 15 is 0 Å². The van der Waals surface area contributed by atoms with E-state index in [1.807, 2.05) is 12.1 Å². The summed E-state index contributed by atoms with van der Waals surface area (Å²) in [5, 5.41) is 12.4. The van der Waals surface area contributed by atoms with E-state index in [0.29, 0.717) is 17.3 Å². The number of carbonyl (C=O) groups is 1. The summed E-state index contributed by atoms with van der Waals surface area (Å²) in [5.41, 5.74) is 1.25. The average molecular weight is 465 g/mol. The zero-order valence-corrected chi connectivity index (χ0v) is 16.0. The highest BCUT2D eigenvalue weighted by molar-refractivity contribution is 14.1. The number of rotatable bonds is 6. The van der Waals surface area contributed by atoms with Gasteiger partial charge in [0.05, 0.1) is 3.57 Å². The van der Waals surface area contributed by atoms with Crippen molar-refractivity contribution in [1.29, 1.82) is 5.26 Å². The normalized spacial score (nSPS) is 10.7. The molecule has 0 atom stereocenters. The third kappa shape index (κ3) is 5.62. The molecule has 0 aliphatic heterocycles. The van der Waals surface area contributed by atoms with Crippen LogP contribution in [-0.2, 0) is 4.79 Å². The van der Waals surface area contributed by atoms with E-state index in [2.05, 4.69) is 34.5 Å². The minimum absolute atomic E-state index is 0.00413. The summed E-state index contributed by atoms with van der Waals surface area (Å²) < 4.78 is 6.38. The second kappa shape index (κ2) is 9.25. The van der Waals surface area contributed by atoms with Crippen molar-refractivity contribution in [3.8, 4) is 11.8 Å². The summed E-state index contributed by atoms with van der Waals surface area (Å²) in [5.74, 6) is 0.228. The van der Waals surface area contributed by atoms with Crippen LogP contribution in [-0.4, -0.2) is 12.5 Å². The van der Waals surface area contributed by atoms with Crippen LogP contribution in [0.1, 0.15) is 5.56 Å². The summed E-state index contributed by atoms with van der Waals surface area (Å²) in [7, 11) is 0.